The maximum Gasteiger partial charge on any atom is 0.243 e. The molecular weight excluding hydrogens is 376 g/mol. The molecule has 0 atom stereocenters. The van der Waals surface area contributed by atoms with Crippen molar-refractivity contribution >= 4 is 26.5 Å². The number of rotatable bonds is 3. The Hall–Kier alpha value is -2.77. The molecule has 0 radical (unpaired) electrons. The van der Waals surface area contributed by atoms with Crippen molar-refractivity contribution in [3.8, 4) is 11.5 Å². The topological polar surface area (TPSA) is 60.8 Å². The largest absolute Gasteiger partial charge is 0.454 e. The standard InChI is InChI=1S/C21H20N2O4S/c1-22-13-18(17-4-2-3-5-19(17)22)15-8-10-23(11-9-15)28(24,25)16-6-7-20-21(12-16)27-14-26-20/h2-8,12-13H,9-11,14H2,1H3. The molecule has 3 aromatic rings. The van der Waals surface area contributed by atoms with E-state index in [1.165, 1.54) is 26.3 Å². The molecule has 3 heterocycles. The van der Waals surface area contributed by atoms with Gasteiger partial charge in [-0.15, -0.1) is 0 Å². The van der Waals surface area contributed by atoms with Gasteiger partial charge in [0.2, 0.25) is 16.8 Å². The number of fused-ring (bicyclic) bond motifs is 2. The highest BCUT2D eigenvalue weighted by Gasteiger charge is 2.28. The monoisotopic (exact) mass is 396 g/mol. The average molecular weight is 396 g/mol. The van der Waals surface area contributed by atoms with Gasteiger partial charge >= 0.3 is 0 Å². The van der Waals surface area contributed by atoms with E-state index in [2.05, 4.69) is 22.9 Å². The van der Waals surface area contributed by atoms with Gasteiger partial charge in [0.1, 0.15) is 0 Å². The third-order valence-electron chi connectivity index (χ3n) is 5.40. The predicted molar refractivity (Wildman–Crippen MR) is 107 cm³/mol. The van der Waals surface area contributed by atoms with E-state index in [1.54, 1.807) is 18.2 Å². The first-order valence-electron chi connectivity index (χ1n) is 9.17. The summed E-state index contributed by atoms with van der Waals surface area (Å²) in [7, 11) is -1.55. The fourth-order valence-corrected chi connectivity index (χ4v) is 5.29. The molecule has 2 aliphatic rings. The molecule has 0 spiro atoms. The van der Waals surface area contributed by atoms with Gasteiger partial charge in [0.15, 0.2) is 11.5 Å². The Morgan fingerprint density at radius 2 is 1.86 bits per heavy atom. The highest BCUT2D eigenvalue weighted by Crippen LogP contribution is 2.36. The quantitative estimate of drug-likeness (QED) is 0.681. The molecule has 2 aliphatic heterocycles. The van der Waals surface area contributed by atoms with E-state index in [0.717, 1.165) is 0 Å². The summed E-state index contributed by atoms with van der Waals surface area (Å²) in [5.74, 6) is 1.06. The molecule has 0 fully saturated rings. The molecule has 7 heteroatoms. The van der Waals surface area contributed by atoms with Crippen molar-refractivity contribution in [2.24, 2.45) is 7.05 Å². The molecule has 144 valence electrons. The predicted octanol–water partition coefficient (Wildman–Crippen LogP) is 3.39. The van der Waals surface area contributed by atoms with E-state index < -0.39 is 10.0 Å². The first kappa shape index (κ1) is 17.3. The Balaban J connectivity index is 1.43. The van der Waals surface area contributed by atoms with Crippen LogP contribution >= 0.6 is 0 Å². The van der Waals surface area contributed by atoms with Crippen molar-refractivity contribution in [1.29, 1.82) is 0 Å². The first-order valence-corrected chi connectivity index (χ1v) is 10.6. The van der Waals surface area contributed by atoms with Crippen LogP contribution in [-0.2, 0) is 17.1 Å². The number of aromatic nitrogens is 1. The van der Waals surface area contributed by atoms with Crippen molar-refractivity contribution in [1.82, 2.24) is 8.87 Å². The zero-order chi connectivity index (χ0) is 19.3. The maximum atomic E-state index is 13.0. The van der Waals surface area contributed by atoms with Crippen LogP contribution < -0.4 is 9.47 Å². The van der Waals surface area contributed by atoms with Crippen LogP contribution in [-0.4, -0.2) is 37.2 Å². The molecule has 1 aromatic heterocycles. The zero-order valence-corrected chi connectivity index (χ0v) is 16.3. The van der Waals surface area contributed by atoms with Gasteiger partial charge in [-0.25, -0.2) is 8.42 Å². The minimum atomic E-state index is -3.58. The van der Waals surface area contributed by atoms with Crippen LogP contribution in [0.4, 0.5) is 0 Å². The van der Waals surface area contributed by atoms with E-state index >= 15 is 0 Å². The van der Waals surface area contributed by atoms with Gasteiger partial charge < -0.3 is 14.0 Å². The second kappa shape index (κ2) is 6.39. The summed E-state index contributed by atoms with van der Waals surface area (Å²) in [5, 5.41) is 1.20. The molecule has 0 N–H and O–H groups in total. The number of benzene rings is 2. The molecule has 0 saturated heterocycles. The van der Waals surface area contributed by atoms with Crippen LogP contribution in [0.3, 0.4) is 0 Å². The molecule has 6 nitrogen and oxygen atoms in total. The van der Waals surface area contributed by atoms with Crippen molar-refractivity contribution in [2.75, 3.05) is 19.9 Å². The van der Waals surface area contributed by atoms with Crippen LogP contribution in [0.1, 0.15) is 12.0 Å². The Labute approximate surface area is 163 Å². The molecule has 0 amide bonds. The summed E-state index contributed by atoms with van der Waals surface area (Å²) in [6.07, 6.45) is 4.83. The van der Waals surface area contributed by atoms with E-state index in [4.69, 9.17) is 9.47 Å². The summed E-state index contributed by atoms with van der Waals surface area (Å²) in [4.78, 5) is 0.235. The Kier molecular flexibility index (Phi) is 3.96. The number of nitrogens with zero attached hydrogens (tertiary/aromatic N) is 2. The fourth-order valence-electron chi connectivity index (χ4n) is 3.90. The van der Waals surface area contributed by atoms with Crippen molar-refractivity contribution in [3.63, 3.8) is 0 Å². The minimum Gasteiger partial charge on any atom is -0.454 e. The van der Waals surface area contributed by atoms with E-state index in [0.29, 0.717) is 31.0 Å². The smallest absolute Gasteiger partial charge is 0.243 e. The normalized spacial score (nSPS) is 17.1. The van der Waals surface area contributed by atoms with E-state index in [-0.39, 0.29) is 11.7 Å². The van der Waals surface area contributed by atoms with Crippen LogP contribution in [0.25, 0.3) is 16.5 Å². The number of hydrogen-bond donors (Lipinski definition) is 0. The molecular formula is C21H20N2O4S. The lowest BCUT2D eigenvalue weighted by atomic mass is 10.00. The van der Waals surface area contributed by atoms with Crippen molar-refractivity contribution < 1.29 is 17.9 Å². The van der Waals surface area contributed by atoms with Crippen LogP contribution in [0.2, 0.25) is 0 Å². The van der Waals surface area contributed by atoms with E-state index in [9.17, 15) is 8.42 Å². The summed E-state index contributed by atoms with van der Waals surface area (Å²) in [6, 6.07) is 13.0. The molecule has 0 aliphatic carbocycles. The van der Waals surface area contributed by atoms with Gasteiger partial charge in [-0.3, -0.25) is 0 Å². The number of ether oxygens (including phenoxy) is 2. The van der Waals surface area contributed by atoms with E-state index in [1.807, 2.05) is 25.3 Å². The lowest BCUT2D eigenvalue weighted by Gasteiger charge is -2.26. The van der Waals surface area contributed by atoms with Crippen molar-refractivity contribution in [2.45, 2.75) is 11.3 Å². The summed E-state index contributed by atoms with van der Waals surface area (Å²) in [5.41, 5.74) is 3.54. The van der Waals surface area contributed by atoms with Crippen LogP contribution in [0.15, 0.2) is 59.6 Å². The number of aryl methyl sites for hydroxylation is 1. The number of hydrogen-bond acceptors (Lipinski definition) is 4. The Bertz CT molecular complexity index is 1210. The highest BCUT2D eigenvalue weighted by molar-refractivity contribution is 7.89. The van der Waals surface area contributed by atoms with Gasteiger partial charge in [0.05, 0.1) is 4.90 Å². The molecule has 5 rings (SSSR count). The molecule has 0 unspecified atom stereocenters. The van der Waals surface area contributed by atoms with Gasteiger partial charge in [-0.1, -0.05) is 24.3 Å². The lowest BCUT2D eigenvalue weighted by Crippen LogP contribution is -2.34. The fraction of sp³-hybridized carbons (Fsp3) is 0.238. The second-order valence-electron chi connectivity index (χ2n) is 7.03. The molecule has 0 bridgehead atoms. The second-order valence-corrected chi connectivity index (χ2v) is 8.97. The average Bonchev–Trinajstić information content (AvgIpc) is 3.32. The Morgan fingerprint density at radius 1 is 1.04 bits per heavy atom. The molecule has 2 aromatic carbocycles. The number of sulfonamides is 1. The molecule has 0 saturated carbocycles. The van der Waals surface area contributed by atoms with Crippen LogP contribution in [0.5, 0.6) is 11.5 Å². The summed E-state index contributed by atoms with van der Waals surface area (Å²) < 4.78 is 40.3. The van der Waals surface area contributed by atoms with Gasteiger partial charge in [0.25, 0.3) is 0 Å². The Morgan fingerprint density at radius 3 is 2.68 bits per heavy atom. The SMILES string of the molecule is Cn1cc(C2=CCN(S(=O)(=O)c3ccc4c(c3)OCO4)CC2)c2ccccc21. The maximum absolute atomic E-state index is 13.0. The number of para-hydroxylation sites is 1. The summed E-state index contributed by atoms with van der Waals surface area (Å²) in [6.45, 7) is 0.931. The molecule has 28 heavy (non-hydrogen) atoms. The zero-order valence-electron chi connectivity index (χ0n) is 15.5. The van der Waals surface area contributed by atoms with Crippen molar-refractivity contribution in [3.05, 3.63) is 60.3 Å². The van der Waals surface area contributed by atoms with Gasteiger partial charge in [-0.2, -0.15) is 4.31 Å². The third-order valence-corrected chi connectivity index (χ3v) is 7.26. The van der Waals surface area contributed by atoms with Crippen LogP contribution in [0, 0.1) is 0 Å². The summed E-state index contributed by atoms with van der Waals surface area (Å²) >= 11 is 0. The van der Waals surface area contributed by atoms with Gasteiger partial charge in [-0.05, 0) is 30.2 Å². The first-order chi connectivity index (χ1) is 13.5. The lowest BCUT2D eigenvalue weighted by molar-refractivity contribution is 0.174. The highest BCUT2D eigenvalue weighted by atomic mass is 32.2. The third kappa shape index (κ3) is 2.70. The van der Waals surface area contributed by atoms with Gasteiger partial charge in [0, 0.05) is 48.9 Å². The minimum absolute atomic E-state index is 0.125.